The van der Waals surface area contributed by atoms with Gasteiger partial charge in [0.15, 0.2) is 6.29 Å². The fourth-order valence-corrected chi connectivity index (χ4v) is 1.39. The van der Waals surface area contributed by atoms with Gasteiger partial charge in [-0.25, -0.2) is 0 Å². The molecule has 1 N–H and O–H groups in total. The highest BCUT2D eigenvalue weighted by Crippen LogP contribution is 2.20. The molecule has 1 unspecified atom stereocenters. The average Bonchev–Trinajstić information content (AvgIpc) is 2.37. The number of hydrogen-bond acceptors (Lipinski definition) is 6. The van der Waals surface area contributed by atoms with Crippen LogP contribution < -0.4 is 4.74 Å². The van der Waals surface area contributed by atoms with E-state index < -0.39 is 6.29 Å². The summed E-state index contributed by atoms with van der Waals surface area (Å²) in [5, 5.41) is 11.2. The Morgan fingerprint density at radius 1 is 1.44 bits per heavy atom. The maximum Gasteiger partial charge on any atom is 0.198 e. The first-order valence-corrected chi connectivity index (χ1v) is 5.64. The number of hydrogen-bond donors (Lipinski definition) is 1. The van der Waals surface area contributed by atoms with Crippen molar-refractivity contribution >= 4 is 0 Å². The smallest absolute Gasteiger partial charge is 0.198 e. The number of nitrogens with zero attached hydrogens (tertiary/aromatic N) is 2. The second-order valence-corrected chi connectivity index (χ2v) is 3.84. The molecule has 1 heterocycles. The number of aliphatic hydroxyl groups excluding tert-OH is 1. The molecule has 1 aromatic rings. The van der Waals surface area contributed by atoms with Crippen LogP contribution in [0.3, 0.4) is 0 Å². The highest BCUT2D eigenvalue weighted by atomic mass is 16.7. The predicted octanol–water partition coefficient (Wildman–Crippen LogP) is 0.899. The Hall–Kier alpha value is -1.21. The van der Waals surface area contributed by atoms with Crippen molar-refractivity contribution in [2.24, 2.45) is 0 Å². The number of methoxy groups -OCH3 is 1. The van der Waals surface area contributed by atoms with Crippen LogP contribution in [0.1, 0.15) is 17.5 Å². The molecule has 102 valence electrons. The number of aromatic nitrogens is 1. The molecule has 0 aromatic carbocycles. The Kier molecular flexibility index (Phi) is 6.00. The maximum atomic E-state index is 9.53. The first kappa shape index (κ1) is 14.8. The lowest BCUT2D eigenvalue weighted by Gasteiger charge is -2.15. The SMILES string of the molecule is COC(O)c1ncc(OCCN(C)OC)cc1C. The minimum absolute atomic E-state index is 0.498. The van der Waals surface area contributed by atoms with Gasteiger partial charge in [-0.1, -0.05) is 0 Å². The van der Waals surface area contributed by atoms with E-state index in [0.717, 1.165) is 5.56 Å². The third-order valence-electron chi connectivity index (χ3n) is 2.54. The summed E-state index contributed by atoms with van der Waals surface area (Å²) in [7, 11) is 4.86. The standard InChI is InChI=1S/C12H20N2O4/c1-9-7-10(18-6-5-14(2)17-4)8-13-11(9)12(15)16-3/h7-8,12,15H,5-6H2,1-4H3. The van der Waals surface area contributed by atoms with Crippen LogP contribution in [0.25, 0.3) is 0 Å². The number of likely N-dealkylation sites (N-methyl/N-ethyl adjacent to an activating group) is 1. The van der Waals surface area contributed by atoms with Gasteiger partial charge < -0.3 is 19.4 Å². The fourth-order valence-electron chi connectivity index (χ4n) is 1.39. The van der Waals surface area contributed by atoms with Crippen molar-refractivity contribution in [3.8, 4) is 5.75 Å². The van der Waals surface area contributed by atoms with Crippen LogP contribution in [0.15, 0.2) is 12.3 Å². The highest BCUT2D eigenvalue weighted by molar-refractivity contribution is 5.28. The summed E-state index contributed by atoms with van der Waals surface area (Å²) in [4.78, 5) is 9.09. The largest absolute Gasteiger partial charge is 0.491 e. The lowest BCUT2D eigenvalue weighted by molar-refractivity contribution is -0.113. The van der Waals surface area contributed by atoms with Gasteiger partial charge >= 0.3 is 0 Å². The lowest BCUT2D eigenvalue weighted by Crippen LogP contribution is -2.23. The summed E-state index contributed by atoms with van der Waals surface area (Å²) in [6.45, 7) is 2.99. The fraction of sp³-hybridized carbons (Fsp3) is 0.583. The Morgan fingerprint density at radius 2 is 2.17 bits per heavy atom. The molecule has 0 aliphatic rings. The topological polar surface area (TPSA) is 64.0 Å². The second kappa shape index (κ2) is 7.27. The van der Waals surface area contributed by atoms with Crippen molar-refractivity contribution < 1.29 is 19.4 Å². The Labute approximate surface area is 107 Å². The minimum Gasteiger partial charge on any atom is -0.491 e. The van der Waals surface area contributed by atoms with Crippen LogP contribution in [0, 0.1) is 6.92 Å². The van der Waals surface area contributed by atoms with Crippen molar-refractivity contribution in [1.29, 1.82) is 0 Å². The molecule has 6 nitrogen and oxygen atoms in total. The van der Waals surface area contributed by atoms with Gasteiger partial charge in [-0.15, -0.1) is 0 Å². The molecule has 0 amide bonds. The average molecular weight is 256 g/mol. The van der Waals surface area contributed by atoms with Gasteiger partial charge in [0.25, 0.3) is 0 Å². The Bertz CT molecular complexity index is 373. The number of ether oxygens (including phenoxy) is 2. The normalized spacial score (nSPS) is 12.8. The van der Waals surface area contributed by atoms with Gasteiger partial charge in [-0.2, -0.15) is 5.06 Å². The minimum atomic E-state index is -1.00. The van der Waals surface area contributed by atoms with Crippen LogP contribution in [-0.4, -0.2) is 49.6 Å². The lowest BCUT2D eigenvalue weighted by atomic mass is 10.2. The summed E-state index contributed by atoms with van der Waals surface area (Å²) in [5.41, 5.74) is 1.32. The van der Waals surface area contributed by atoms with Crippen LogP contribution >= 0.6 is 0 Å². The first-order chi connectivity index (χ1) is 8.58. The molecule has 6 heteroatoms. The number of aryl methyl sites for hydroxylation is 1. The molecule has 1 rings (SSSR count). The third kappa shape index (κ3) is 4.23. The van der Waals surface area contributed by atoms with E-state index in [2.05, 4.69) is 4.98 Å². The molecule has 0 bridgehead atoms. The van der Waals surface area contributed by atoms with Gasteiger partial charge in [-0.3, -0.25) is 4.98 Å². The maximum absolute atomic E-state index is 9.53. The van der Waals surface area contributed by atoms with E-state index >= 15 is 0 Å². The van der Waals surface area contributed by atoms with Crippen LogP contribution in [0.2, 0.25) is 0 Å². The highest BCUT2D eigenvalue weighted by Gasteiger charge is 2.11. The number of pyridine rings is 1. The third-order valence-corrected chi connectivity index (χ3v) is 2.54. The van der Waals surface area contributed by atoms with Crippen LogP contribution in [0.4, 0.5) is 0 Å². The number of hydroxylamine groups is 2. The van der Waals surface area contributed by atoms with E-state index in [1.165, 1.54) is 7.11 Å². The van der Waals surface area contributed by atoms with Gasteiger partial charge in [0.2, 0.25) is 0 Å². The summed E-state index contributed by atoms with van der Waals surface area (Å²) in [6.07, 6.45) is 0.566. The first-order valence-electron chi connectivity index (χ1n) is 5.64. The van der Waals surface area contributed by atoms with E-state index in [1.54, 1.807) is 18.4 Å². The molecular weight excluding hydrogens is 236 g/mol. The van der Waals surface area contributed by atoms with E-state index in [4.69, 9.17) is 14.3 Å². The summed E-state index contributed by atoms with van der Waals surface area (Å²) in [6, 6.07) is 1.82. The molecule has 1 aromatic heterocycles. The molecule has 0 radical (unpaired) electrons. The molecule has 0 aliphatic carbocycles. The number of aliphatic hydroxyl groups is 1. The summed E-state index contributed by atoms with van der Waals surface area (Å²) in [5.74, 6) is 0.657. The zero-order valence-electron chi connectivity index (χ0n) is 11.2. The number of rotatable bonds is 7. The van der Waals surface area contributed by atoms with Gasteiger partial charge in [0.1, 0.15) is 12.4 Å². The molecule has 0 saturated heterocycles. The van der Waals surface area contributed by atoms with E-state index in [-0.39, 0.29) is 0 Å². The monoisotopic (exact) mass is 256 g/mol. The molecule has 0 saturated carbocycles. The van der Waals surface area contributed by atoms with Gasteiger partial charge in [-0.05, 0) is 18.6 Å². The second-order valence-electron chi connectivity index (χ2n) is 3.84. The summed E-state index contributed by atoms with van der Waals surface area (Å²) < 4.78 is 10.3. The van der Waals surface area contributed by atoms with E-state index in [9.17, 15) is 5.11 Å². The van der Waals surface area contributed by atoms with Crippen molar-refractivity contribution in [1.82, 2.24) is 10.0 Å². The molecule has 1 atom stereocenters. The molecule has 0 aliphatic heterocycles. The molecule has 0 fully saturated rings. The quantitative estimate of drug-likeness (QED) is 0.577. The van der Waals surface area contributed by atoms with Crippen molar-refractivity contribution in [2.45, 2.75) is 13.2 Å². The van der Waals surface area contributed by atoms with Crippen LogP contribution in [-0.2, 0) is 9.57 Å². The van der Waals surface area contributed by atoms with Gasteiger partial charge in [0.05, 0.1) is 25.5 Å². The molecule has 0 spiro atoms. The zero-order chi connectivity index (χ0) is 13.5. The molecular formula is C12H20N2O4. The Morgan fingerprint density at radius 3 is 2.72 bits per heavy atom. The van der Waals surface area contributed by atoms with Crippen LogP contribution in [0.5, 0.6) is 5.75 Å². The zero-order valence-corrected chi connectivity index (χ0v) is 11.2. The van der Waals surface area contributed by atoms with Gasteiger partial charge in [0, 0.05) is 14.2 Å². The van der Waals surface area contributed by atoms with Crippen molar-refractivity contribution in [3.63, 3.8) is 0 Å². The Balaban J connectivity index is 2.56. The predicted molar refractivity (Wildman–Crippen MR) is 66.1 cm³/mol. The van der Waals surface area contributed by atoms with E-state index in [1.807, 2.05) is 20.0 Å². The molecule has 18 heavy (non-hydrogen) atoms. The van der Waals surface area contributed by atoms with Crippen molar-refractivity contribution in [3.05, 3.63) is 23.5 Å². The summed E-state index contributed by atoms with van der Waals surface area (Å²) >= 11 is 0. The van der Waals surface area contributed by atoms with Crippen molar-refractivity contribution in [2.75, 3.05) is 34.4 Å². The van der Waals surface area contributed by atoms with E-state index in [0.29, 0.717) is 24.6 Å².